The molecule has 4 amide bonds. The zero-order valence-corrected chi connectivity index (χ0v) is 45.3. The summed E-state index contributed by atoms with van der Waals surface area (Å²) in [5.74, 6) is -1.23. The van der Waals surface area contributed by atoms with Crippen LogP contribution >= 0.6 is 0 Å². The van der Waals surface area contributed by atoms with E-state index < -0.39 is 35.4 Å². The summed E-state index contributed by atoms with van der Waals surface area (Å²) in [6, 6.07) is 11.6. The first kappa shape index (κ1) is 55.2. The van der Waals surface area contributed by atoms with E-state index in [9.17, 15) is 24.0 Å². The molecule has 2 aromatic carbocycles. The lowest BCUT2D eigenvalue weighted by Gasteiger charge is -2.19. The average molecular weight is 1070 g/mol. The van der Waals surface area contributed by atoms with E-state index >= 15 is 0 Å². The van der Waals surface area contributed by atoms with Crippen LogP contribution in [0.2, 0.25) is 0 Å². The molecule has 0 radical (unpaired) electrons. The number of anilines is 1. The Morgan fingerprint density at radius 2 is 1.26 bits per heavy atom. The SMILES string of the molecule is CCn1nc(C)cc1C(=O)Nc1nc2cc(C(N)=O)cc(OCCCOC(=O)c3cc(C)nn3CC)c2n1C/C=C/Cn1c2nc(-c3cc(C)nn3CC)ncc2c2cc(C(N)=O)cc(OCCCNC(=O)OC(C)(C)C)c21. The van der Waals surface area contributed by atoms with Crippen molar-refractivity contribution in [3.05, 3.63) is 100 Å². The van der Waals surface area contributed by atoms with Gasteiger partial charge in [0.2, 0.25) is 17.8 Å². The Morgan fingerprint density at radius 1 is 0.667 bits per heavy atom. The number of fused-ring (bicyclic) bond motifs is 4. The number of allylic oxidation sites excluding steroid dienone is 2. The molecule has 0 saturated carbocycles. The highest BCUT2D eigenvalue weighted by molar-refractivity contribution is 6.12. The van der Waals surface area contributed by atoms with E-state index in [1.54, 1.807) is 79.0 Å². The molecule has 24 heteroatoms. The number of ether oxygens (including phenoxy) is 4. The highest BCUT2D eigenvalue weighted by Crippen LogP contribution is 2.37. The van der Waals surface area contributed by atoms with Gasteiger partial charge in [-0.1, -0.05) is 12.2 Å². The predicted molar refractivity (Wildman–Crippen MR) is 291 cm³/mol. The Hall–Kier alpha value is -9.09. The third kappa shape index (κ3) is 12.3. The molecule has 6 heterocycles. The van der Waals surface area contributed by atoms with Gasteiger partial charge >= 0.3 is 12.1 Å². The van der Waals surface area contributed by atoms with Gasteiger partial charge in [0, 0.05) is 73.8 Å². The van der Waals surface area contributed by atoms with Crippen molar-refractivity contribution in [2.24, 2.45) is 11.5 Å². The molecule has 24 nitrogen and oxygen atoms in total. The summed E-state index contributed by atoms with van der Waals surface area (Å²) in [4.78, 5) is 79.7. The molecule has 0 aliphatic carbocycles. The van der Waals surface area contributed by atoms with Crippen molar-refractivity contribution < 1.29 is 42.9 Å². The van der Waals surface area contributed by atoms with E-state index in [1.165, 1.54) is 12.1 Å². The molecule has 0 atom stereocenters. The quantitative estimate of drug-likeness (QED) is 0.0291. The number of nitrogens with zero attached hydrogens (tertiary/aromatic N) is 11. The molecule has 0 saturated heterocycles. The van der Waals surface area contributed by atoms with E-state index in [-0.39, 0.29) is 68.7 Å². The number of imidazole rings is 1. The van der Waals surface area contributed by atoms with Gasteiger partial charge < -0.3 is 44.9 Å². The van der Waals surface area contributed by atoms with Crippen molar-refractivity contribution in [1.82, 2.24) is 58.7 Å². The fourth-order valence-corrected chi connectivity index (χ4v) is 8.93. The number of hydrogen-bond donors (Lipinski definition) is 4. The zero-order valence-electron chi connectivity index (χ0n) is 45.3. The maximum absolute atomic E-state index is 14.1. The summed E-state index contributed by atoms with van der Waals surface area (Å²) in [5, 5.41) is 20.4. The molecule has 0 spiro atoms. The zero-order chi connectivity index (χ0) is 56.0. The molecule has 8 aromatic rings. The second-order valence-electron chi connectivity index (χ2n) is 19.4. The Kier molecular flexibility index (Phi) is 16.6. The van der Waals surface area contributed by atoms with Crippen LogP contribution in [-0.4, -0.2) is 115 Å². The minimum Gasteiger partial charge on any atom is -0.491 e. The van der Waals surface area contributed by atoms with Gasteiger partial charge in [0.15, 0.2) is 5.82 Å². The molecule has 0 aliphatic heterocycles. The molecule has 0 aliphatic rings. The number of primary amides is 2. The molecule has 0 unspecified atom stereocenters. The Labute approximate surface area is 449 Å². The molecule has 78 heavy (non-hydrogen) atoms. The van der Waals surface area contributed by atoms with Crippen LogP contribution in [0.25, 0.3) is 44.5 Å². The summed E-state index contributed by atoms with van der Waals surface area (Å²) in [5.41, 5.74) is 16.8. The summed E-state index contributed by atoms with van der Waals surface area (Å²) < 4.78 is 32.4. The molecule has 410 valence electrons. The lowest BCUT2D eigenvalue weighted by Crippen LogP contribution is -2.33. The van der Waals surface area contributed by atoms with E-state index in [2.05, 4.69) is 25.9 Å². The van der Waals surface area contributed by atoms with Crippen molar-refractivity contribution in [3.63, 3.8) is 0 Å². The van der Waals surface area contributed by atoms with Crippen molar-refractivity contribution in [2.75, 3.05) is 31.7 Å². The Morgan fingerprint density at radius 3 is 1.91 bits per heavy atom. The minimum atomic E-state index is -0.725. The third-order valence-electron chi connectivity index (χ3n) is 12.3. The van der Waals surface area contributed by atoms with Crippen LogP contribution in [0.15, 0.2) is 60.8 Å². The van der Waals surface area contributed by atoms with E-state index in [1.807, 2.05) is 55.2 Å². The second-order valence-corrected chi connectivity index (χ2v) is 19.4. The molecule has 6 N–H and O–H groups in total. The summed E-state index contributed by atoms with van der Waals surface area (Å²) >= 11 is 0. The number of carbonyl (C=O) groups is 5. The number of hydrogen-bond acceptors (Lipinski definition) is 15. The van der Waals surface area contributed by atoms with Crippen LogP contribution in [-0.2, 0) is 42.2 Å². The molecule has 0 bridgehead atoms. The number of amides is 4. The number of benzene rings is 2. The van der Waals surface area contributed by atoms with Gasteiger partial charge in [-0.05, 0) is 111 Å². The first-order valence-corrected chi connectivity index (χ1v) is 25.7. The van der Waals surface area contributed by atoms with Crippen molar-refractivity contribution in [3.8, 4) is 23.0 Å². The molecular formula is C54H65N15O9. The predicted octanol–water partition coefficient (Wildman–Crippen LogP) is 6.80. The van der Waals surface area contributed by atoms with E-state index in [4.69, 9.17) is 45.4 Å². The van der Waals surface area contributed by atoms with Gasteiger partial charge in [-0.25, -0.2) is 24.5 Å². The number of carbonyl (C=O) groups excluding carboxylic acids is 5. The van der Waals surface area contributed by atoms with Crippen LogP contribution in [0, 0.1) is 20.8 Å². The number of aryl methyl sites for hydroxylation is 6. The number of aromatic nitrogens is 11. The van der Waals surface area contributed by atoms with Gasteiger partial charge in [-0.2, -0.15) is 15.3 Å². The summed E-state index contributed by atoms with van der Waals surface area (Å²) in [6.07, 6.45) is 5.61. The Balaban J connectivity index is 1.16. The lowest BCUT2D eigenvalue weighted by molar-refractivity contribution is 0.0469. The van der Waals surface area contributed by atoms with Crippen LogP contribution < -0.4 is 31.6 Å². The van der Waals surface area contributed by atoms with Gasteiger partial charge in [0.25, 0.3) is 5.91 Å². The number of rotatable bonds is 23. The monoisotopic (exact) mass is 1070 g/mol. The first-order chi connectivity index (χ1) is 37.3. The van der Waals surface area contributed by atoms with Gasteiger partial charge in [-0.15, -0.1) is 0 Å². The second kappa shape index (κ2) is 23.4. The topological polar surface area (TPSA) is 300 Å². The Bertz CT molecular complexity index is 3610. The van der Waals surface area contributed by atoms with Crippen LogP contribution in [0.1, 0.15) is 113 Å². The van der Waals surface area contributed by atoms with Crippen molar-refractivity contribution in [1.29, 1.82) is 0 Å². The fourth-order valence-electron chi connectivity index (χ4n) is 8.93. The molecule has 0 fully saturated rings. The highest BCUT2D eigenvalue weighted by atomic mass is 16.6. The smallest absolute Gasteiger partial charge is 0.407 e. The van der Waals surface area contributed by atoms with E-state index in [0.717, 1.165) is 5.69 Å². The number of nitrogens with one attached hydrogen (secondary N) is 2. The number of esters is 1. The first-order valence-electron chi connectivity index (χ1n) is 25.7. The average Bonchev–Trinajstić information content (AvgIpc) is 4.37. The van der Waals surface area contributed by atoms with Gasteiger partial charge in [-0.3, -0.25) is 33.7 Å². The van der Waals surface area contributed by atoms with E-state index in [0.29, 0.717) is 99.1 Å². The van der Waals surface area contributed by atoms with Crippen LogP contribution in [0.3, 0.4) is 0 Å². The van der Waals surface area contributed by atoms with Gasteiger partial charge in [0.05, 0.1) is 47.9 Å². The van der Waals surface area contributed by atoms with Crippen molar-refractivity contribution >= 4 is 68.7 Å². The fraction of sp³-hybridized carbons (Fsp3) is 0.389. The normalized spacial score (nSPS) is 11.8. The summed E-state index contributed by atoms with van der Waals surface area (Å²) in [6.45, 7) is 18.9. The van der Waals surface area contributed by atoms with Crippen LogP contribution in [0.5, 0.6) is 11.5 Å². The largest absolute Gasteiger partial charge is 0.491 e. The van der Waals surface area contributed by atoms with Crippen LogP contribution in [0.4, 0.5) is 10.7 Å². The maximum atomic E-state index is 14.1. The highest BCUT2D eigenvalue weighted by Gasteiger charge is 2.25. The van der Waals surface area contributed by atoms with Crippen molar-refractivity contribution in [2.45, 2.75) is 113 Å². The standard InChI is InChI=1S/C54H65N15O9/c1-10-67-39(23-31(4)62-67)48-58-30-37-36-26-34(46(55)70)28-42(75-20-15-17-57-53(74)78-54(7,8)9)44(36)65(49(37)60-48)18-13-14-19-66-45-38(59-52(66)61-50(72)40-24-32(5)63-68(40)11-2)27-35(47(56)71)29-43(45)76-21-16-22-77-51(73)41-25-33(6)64-69(41)12-3/h13-14,23-30H,10-12,15-22H2,1-9H3,(H2,55,70)(H2,56,71)(H,57,74)(H,59,61,72)/b14-13+. The minimum absolute atomic E-state index is 0.0260. The molecule has 8 rings (SSSR count). The number of nitrogens with two attached hydrogens (primary N) is 2. The molecular weight excluding hydrogens is 1000 g/mol. The maximum Gasteiger partial charge on any atom is 0.407 e. The number of alkyl carbamates (subject to hydrolysis) is 1. The lowest BCUT2D eigenvalue weighted by atomic mass is 10.1. The third-order valence-corrected chi connectivity index (χ3v) is 12.3. The van der Waals surface area contributed by atoms with Gasteiger partial charge in [0.1, 0.15) is 45.3 Å². The summed E-state index contributed by atoms with van der Waals surface area (Å²) in [7, 11) is 0. The molecule has 6 aromatic heterocycles.